The summed E-state index contributed by atoms with van der Waals surface area (Å²) >= 11 is 0. The van der Waals surface area contributed by atoms with Crippen molar-refractivity contribution in [2.24, 2.45) is 5.92 Å². The minimum absolute atomic E-state index is 0.0520. The normalized spacial score (nSPS) is 15.4. The van der Waals surface area contributed by atoms with E-state index >= 15 is 0 Å². The molecule has 1 unspecified atom stereocenters. The number of hydrogen-bond donors (Lipinski definition) is 1. The molecule has 0 radical (unpaired) electrons. The van der Waals surface area contributed by atoms with Gasteiger partial charge in [-0.05, 0) is 43.0 Å². The lowest BCUT2D eigenvalue weighted by molar-refractivity contribution is -0.120. The maximum absolute atomic E-state index is 13.0. The first-order valence-electron chi connectivity index (χ1n) is 9.57. The van der Waals surface area contributed by atoms with Crippen molar-refractivity contribution >= 4 is 28.4 Å². The van der Waals surface area contributed by atoms with Crippen LogP contribution in [-0.2, 0) is 4.79 Å². The Bertz CT molecular complexity index is 925. The highest BCUT2D eigenvalue weighted by Gasteiger charge is 2.26. The number of para-hydroxylation sites is 2. The Balaban J connectivity index is 1.54. The molecule has 0 bridgehead atoms. The van der Waals surface area contributed by atoms with E-state index in [-0.39, 0.29) is 17.9 Å². The van der Waals surface area contributed by atoms with Crippen molar-refractivity contribution < 1.29 is 4.79 Å². The molecule has 1 aromatic carbocycles. The number of aromatic nitrogens is 3. The number of fused-ring (bicyclic) bond motifs is 1. The lowest BCUT2D eigenvalue weighted by Gasteiger charge is -2.23. The van der Waals surface area contributed by atoms with E-state index in [0.29, 0.717) is 0 Å². The first kappa shape index (κ1) is 17.5. The van der Waals surface area contributed by atoms with Crippen LogP contribution >= 0.6 is 0 Å². The van der Waals surface area contributed by atoms with E-state index in [9.17, 15) is 4.79 Å². The summed E-state index contributed by atoms with van der Waals surface area (Å²) in [4.78, 5) is 24.3. The Morgan fingerprint density at radius 3 is 2.56 bits per heavy atom. The molecule has 140 valence electrons. The van der Waals surface area contributed by atoms with Gasteiger partial charge in [-0.3, -0.25) is 4.79 Å². The quantitative estimate of drug-likeness (QED) is 0.747. The lowest BCUT2D eigenvalue weighted by atomic mass is 10.0. The summed E-state index contributed by atoms with van der Waals surface area (Å²) in [6, 6.07) is 11.5. The molecule has 1 atom stereocenters. The van der Waals surface area contributed by atoms with E-state index in [1.54, 1.807) is 12.5 Å². The van der Waals surface area contributed by atoms with Gasteiger partial charge in [-0.2, -0.15) is 0 Å². The van der Waals surface area contributed by atoms with Gasteiger partial charge in [0.2, 0.25) is 5.91 Å². The van der Waals surface area contributed by atoms with Gasteiger partial charge in [0.1, 0.15) is 11.9 Å². The molecule has 1 N–H and O–H groups in total. The monoisotopic (exact) mass is 363 g/mol. The van der Waals surface area contributed by atoms with Gasteiger partial charge in [0.05, 0.1) is 29.2 Å². The zero-order chi connectivity index (χ0) is 18.8. The number of nitrogens with one attached hydrogen (secondary N) is 1. The van der Waals surface area contributed by atoms with Gasteiger partial charge in [-0.25, -0.2) is 9.97 Å². The van der Waals surface area contributed by atoms with Gasteiger partial charge in [0.15, 0.2) is 0 Å². The number of carbonyl (C=O) groups excluding carboxylic acids is 1. The Hall–Kier alpha value is -2.89. The molecule has 0 spiro atoms. The third-order valence-corrected chi connectivity index (χ3v) is 5.13. The van der Waals surface area contributed by atoms with Crippen molar-refractivity contribution in [2.75, 3.05) is 23.3 Å². The third kappa shape index (κ3) is 3.52. The molecule has 1 saturated heterocycles. The fourth-order valence-electron chi connectivity index (χ4n) is 3.76. The molecular weight excluding hydrogens is 338 g/mol. The number of hydrogen-bond acceptors (Lipinski definition) is 4. The van der Waals surface area contributed by atoms with Crippen molar-refractivity contribution in [1.29, 1.82) is 0 Å². The number of nitrogens with zero attached hydrogens (tertiary/aromatic N) is 4. The standard InChI is InChI=1S/C21H25N5O/c1-15(2)20(26-14-23-17-7-3-4-8-18(17)26)21(27)24-16-9-10-19(22-13-16)25-11-5-6-12-25/h3-4,7-10,13-15,20H,5-6,11-12H2,1-2H3,(H,24,27). The Morgan fingerprint density at radius 2 is 1.85 bits per heavy atom. The molecule has 4 rings (SSSR count). The van der Waals surface area contributed by atoms with Crippen LogP contribution in [0.3, 0.4) is 0 Å². The number of anilines is 2. The van der Waals surface area contributed by atoms with Crippen molar-refractivity contribution in [3.63, 3.8) is 0 Å². The average molecular weight is 363 g/mol. The second kappa shape index (κ2) is 7.39. The van der Waals surface area contributed by atoms with Gasteiger partial charge in [0.25, 0.3) is 0 Å². The molecule has 6 nitrogen and oxygen atoms in total. The van der Waals surface area contributed by atoms with Crippen LogP contribution in [0.4, 0.5) is 11.5 Å². The van der Waals surface area contributed by atoms with Crippen molar-refractivity contribution in [2.45, 2.75) is 32.7 Å². The number of benzene rings is 1. The highest BCUT2D eigenvalue weighted by molar-refractivity contribution is 5.95. The third-order valence-electron chi connectivity index (χ3n) is 5.13. The maximum atomic E-state index is 13.0. The topological polar surface area (TPSA) is 63.1 Å². The van der Waals surface area contributed by atoms with Crippen LogP contribution < -0.4 is 10.2 Å². The van der Waals surface area contributed by atoms with Gasteiger partial charge in [-0.1, -0.05) is 26.0 Å². The molecule has 27 heavy (non-hydrogen) atoms. The molecule has 6 heteroatoms. The van der Waals surface area contributed by atoms with E-state index in [4.69, 9.17) is 0 Å². The minimum Gasteiger partial charge on any atom is -0.357 e. The number of carbonyl (C=O) groups is 1. The molecule has 0 saturated carbocycles. The second-order valence-corrected chi connectivity index (χ2v) is 7.42. The Morgan fingerprint density at radius 1 is 1.07 bits per heavy atom. The van der Waals surface area contributed by atoms with Crippen LogP contribution in [0, 0.1) is 5.92 Å². The van der Waals surface area contributed by atoms with E-state index in [2.05, 4.69) is 20.2 Å². The molecule has 1 fully saturated rings. The Labute approximate surface area is 159 Å². The zero-order valence-electron chi connectivity index (χ0n) is 15.8. The van der Waals surface area contributed by atoms with E-state index in [1.165, 1.54) is 12.8 Å². The van der Waals surface area contributed by atoms with Crippen LogP contribution in [0.1, 0.15) is 32.7 Å². The summed E-state index contributed by atoms with van der Waals surface area (Å²) < 4.78 is 1.96. The van der Waals surface area contributed by atoms with Crippen molar-refractivity contribution in [3.8, 4) is 0 Å². The summed E-state index contributed by atoms with van der Waals surface area (Å²) in [5.41, 5.74) is 2.58. The van der Waals surface area contributed by atoms with Crippen molar-refractivity contribution in [3.05, 3.63) is 48.9 Å². The number of imidazole rings is 1. The molecular formula is C21H25N5O. The minimum atomic E-state index is -0.337. The summed E-state index contributed by atoms with van der Waals surface area (Å²) in [5, 5.41) is 3.03. The molecule has 1 aliphatic rings. The highest BCUT2D eigenvalue weighted by Crippen LogP contribution is 2.25. The first-order valence-corrected chi connectivity index (χ1v) is 9.57. The molecule has 3 aromatic rings. The number of pyridine rings is 1. The van der Waals surface area contributed by atoms with Gasteiger partial charge >= 0.3 is 0 Å². The second-order valence-electron chi connectivity index (χ2n) is 7.42. The van der Waals surface area contributed by atoms with Gasteiger partial charge in [0, 0.05) is 13.1 Å². The van der Waals surface area contributed by atoms with Gasteiger partial charge < -0.3 is 14.8 Å². The summed E-state index contributed by atoms with van der Waals surface area (Å²) in [6.07, 6.45) is 5.93. The zero-order valence-corrected chi connectivity index (χ0v) is 15.8. The van der Waals surface area contributed by atoms with Crippen LogP contribution in [0.25, 0.3) is 11.0 Å². The highest BCUT2D eigenvalue weighted by atomic mass is 16.2. The molecule has 1 aliphatic heterocycles. The summed E-state index contributed by atoms with van der Waals surface area (Å²) in [6.45, 7) is 6.21. The largest absolute Gasteiger partial charge is 0.357 e. The molecule has 1 amide bonds. The summed E-state index contributed by atoms with van der Waals surface area (Å²) in [5.74, 6) is 1.05. The lowest BCUT2D eigenvalue weighted by Crippen LogP contribution is -2.29. The average Bonchev–Trinajstić information content (AvgIpc) is 3.33. The van der Waals surface area contributed by atoms with E-state index in [0.717, 1.165) is 35.6 Å². The fraction of sp³-hybridized carbons (Fsp3) is 0.381. The van der Waals surface area contributed by atoms with Crippen molar-refractivity contribution in [1.82, 2.24) is 14.5 Å². The fourth-order valence-corrected chi connectivity index (χ4v) is 3.76. The van der Waals surface area contributed by atoms with Crippen LogP contribution in [0.2, 0.25) is 0 Å². The van der Waals surface area contributed by atoms with Crippen LogP contribution in [-0.4, -0.2) is 33.5 Å². The van der Waals surface area contributed by atoms with Gasteiger partial charge in [-0.15, -0.1) is 0 Å². The molecule has 3 heterocycles. The smallest absolute Gasteiger partial charge is 0.247 e. The first-order chi connectivity index (χ1) is 13.1. The number of rotatable bonds is 5. The van der Waals surface area contributed by atoms with Crippen LogP contribution in [0.15, 0.2) is 48.9 Å². The predicted octanol–water partition coefficient (Wildman–Crippen LogP) is 3.87. The number of amides is 1. The van der Waals surface area contributed by atoms with E-state index < -0.39 is 0 Å². The summed E-state index contributed by atoms with van der Waals surface area (Å²) in [7, 11) is 0. The van der Waals surface area contributed by atoms with Crippen LogP contribution in [0.5, 0.6) is 0 Å². The predicted molar refractivity (Wildman–Crippen MR) is 108 cm³/mol. The molecule has 0 aliphatic carbocycles. The Kier molecular flexibility index (Phi) is 4.79. The van der Waals surface area contributed by atoms with E-state index in [1.807, 2.05) is 54.8 Å². The SMILES string of the molecule is CC(C)C(C(=O)Nc1ccc(N2CCCC2)nc1)n1cnc2ccccc21. The molecule has 2 aromatic heterocycles. The maximum Gasteiger partial charge on any atom is 0.247 e.